The van der Waals surface area contributed by atoms with Crippen molar-refractivity contribution in [3.05, 3.63) is 12.2 Å². The Labute approximate surface area is 139 Å². The van der Waals surface area contributed by atoms with Crippen LogP contribution in [-0.2, 0) is 4.74 Å². The van der Waals surface area contributed by atoms with Crippen molar-refractivity contribution >= 4 is 42.1 Å². The fourth-order valence-corrected chi connectivity index (χ4v) is 2.86. The van der Waals surface area contributed by atoms with Crippen molar-refractivity contribution in [2.45, 2.75) is 67.6 Å². The fraction of sp³-hybridized carbons (Fsp3) is 0.867. The first kappa shape index (κ1) is 19.9. The van der Waals surface area contributed by atoms with Gasteiger partial charge in [-0.1, -0.05) is 89.0 Å². The Morgan fingerprint density at radius 1 is 1.00 bits per heavy atom. The number of ether oxygens (including phenoxy) is 1. The minimum Gasteiger partial charge on any atom is -0.377 e. The molecule has 19 heavy (non-hydrogen) atoms. The Balaban J connectivity index is 3.05. The second-order valence-electron chi connectivity index (χ2n) is 5.66. The van der Waals surface area contributed by atoms with E-state index in [-0.39, 0.29) is 2.86 Å². The molecule has 0 heterocycles. The highest BCUT2D eigenvalue weighted by Gasteiger charge is 2.13. The van der Waals surface area contributed by atoms with Gasteiger partial charge in [-0.05, 0) is 19.8 Å². The topological polar surface area (TPSA) is 9.23 Å². The lowest BCUT2D eigenvalue weighted by Crippen LogP contribution is -2.09. The van der Waals surface area contributed by atoms with E-state index >= 15 is 0 Å². The molecule has 0 aromatic carbocycles. The lowest BCUT2D eigenvalue weighted by Gasteiger charge is -2.13. The molecule has 0 aliphatic carbocycles. The van der Waals surface area contributed by atoms with Gasteiger partial charge < -0.3 is 4.74 Å². The Morgan fingerprint density at radius 3 is 1.95 bits per heavy atom. The van der Waals surface area contributed by atoms with Crippen LogP contribution in [-0.4, -0.2) is 26.3 Å². The Bertz CT molecular complexity index is 227. The average Bonchev–Trinajstić information content (AvgIpc) is 2.28. The van der Waals surface area contributed by atoms with Crippen LogP contribution in [0.2, 0.25) is 0 Å². The van der Waals surface area contributed by atoms with Crippen LogP contribution in [0.25, 0.3) is 0 Å². The maximum Gasteiger partial charge on any atom is 0.0671 e. The number of hydrogen-bond donors (Lipinski definition) is 0. The zero-order valence-electron chi connectivity index (χ0n) is 12.6. The lowest BCUT2D eigenvalue weighted by molar-refractivity contribution is 0.151. The Morgan fingerprint density at radius 2 is 1.47 bits per heavy atom. The van der Waals surface area contributed by atoms with Crippen molar-refractivity contribution in [3.8, 4) is 0 Å². The summed E-state index contributed by atoms with van der Waals surface area (Å²) in [5.41, 5.74) is 1.12. The smallest absolute Gasteiger partial charge is 0.0671 e. The van der Waals surface area contributed by atoms with Gasteiger partial charge in [-0.25, -0.2) is 0 Å². The first-order valence-corrected chi connectivity index (χ1v) is 10.1. The van der Waals surface area contributed by atoms with Crippen LogP contribution in [0.1, 0.15) is 64.7 Å². The molecule has 0 bridgehead atoms. The maximum atomic E-state index is 5.48. The van der Waals surface area contributed by atoms with Crippen molar-refractivity contribution in [2.75, 3.05) is 13.2 Å². The van der Waals surface area contributed by atoms with Crippen molar-refractivity contribution in [1.82, 2.24) is 0 Å². The molecular weight excluding hydrogens is 384 g/mol. The number of rotatable bonds is 13. The molecule has 0 aromatic heterocycles. The number of hydrogen-bond acceptors (Lipinski definition) is 1. The van der Waals surface area contributed by atoms with Crippen LogP contribution < -0.4 is 0 Å². The van der Waals surface area contributed by atoms with Gasteiger partial charge in [0, 0.05) is 16.8 Å². The summed E-state index contributed by atoms with van der Waals surface area (Å²) >= 11 is 7.34. The third kappa shape index (κ3) is 18.9. The minimum absolute atomic E-state index is 0.282. The summed E-state index contributed by atoms with van der Waals surface area (Å²) in [7, 11) is 1.16. The van der Waals surface area contributed by atoms with Gasteiger partial charge in [0.1, 0.15) is 0 Å². The largest absolute Gasteiger partial charge is 0.377 e. The van der Waals surface area contributed by atoms with Crippen LogP contribution in [0.4, 0.5) is 0 Å². The zero-order valence-corrected chi connectivity index (χ0v) is 17.8. The number of alkyl halides is 2. The molecule has 0 saturated carbocycles. The predicted molar refractivity (Wildman–Crippen MR) is 97.7 cm³/mol. The third-order valence-electron chi connectivity index (χ3n) is 3.00. The van der Waals surface area contributed by atoms with E-state index in [1.54, 1.807) is 0 Å². The van der Waals surface area contributed by atoms with Crippen molar-refractivity contribution < 1.29 is 4.74 Å². The summed E-state index contributed by atoms with van der Waals surface area (Å²) in [6.45, 7) is 7.45. The summed E-state index contributed by atoms with van der Waals surface area (Å²) in [5.74, 6) is 0. The van der Waals surface area contributed by atoms with Gasteiger partial charge in [0.05, 0.1) is 9.46 Å². The normalized spacial score (nSPS) is 11.9. The molecule has 114 valence electrons. The lowest BCUT2D eigenvalue weighted by atomic mass is 10.1. The summed E-state index contributed by atoms with van der Waals surface area (Å²) in [4.78, 5) is 0. The maximum absolute atomic E-state index is 5.48. The molecule has 0 atom stereocenters. The van der Waals surface area contributed by atoms with E-state index in [4.69, 9.17) is 4.74 Å². The third-order valence-corrected chi connectivity index (χ3v) is 4.30. The highest BCUT2D eigenvalue weighted by Crippen LogP contribution is 2.28. The minimum atomic E-state index is 0.282. The highest BCUT2D eigenvalue weighted by atomic mass is 79.9. The first-order valence-electron chi connectivity index (χ1n) is 7.52. The van der Waals surface area contributed by atoms with Crippen molar-refractivity contribution in [1.29, 1.82) is 0 Å². The molecule has 1 nitrogen and oxygen atoms in total. The molecule has 0 fully saturated rings. The molecule has 0 amide bonds. The fourth-order valence-electron chi connectivity index (χ4n) is 1.95. The molecular formula is C15H30Br2OSi. The van der Waals surface area contributed by atoms with Gasteiger partial charge in [-0.15, -0.1) is 0 Å². The van der Waals surface area contributed by atoms with Gasteiger partial charge in [-0.3, -0.25) is 0 Å². The van der Waals surface area contributed by atoms with E-state index in [2.05, 4.69) is 38.4 Å². The van der Waals surface area contributed by atoms with Gasteiger partial charge in [0.25, 0.3) is 0 Å². The molecule has 0 radical (unpaired) electrons. The van der Waals surface area contributed by atoms with Crippen LogP contribution in [0, 0.1) is 0 Å². The summed E-state index contributed by atoms with van der Waals surface area (Å²) in [5, 5.41) is 0. The van der Waals surface area contributed by atoms with Crippen LogP contribution in [0.3, 0.4) is 0 Å². The Kier molecular flexibility index (Phi) is 13.2. The summed E-state index contributed by atoms with van der Waals surface area (Å²) in [6, 6.07) is 0. The van der Waals surface area contributed by atoms with Gasteiger partial charge >= 0.3 is 0 Å². The first-order chi connectivity index (χ1) is 8.92. The number of unbranched alkanes of at least 4 members (excludes halogenated alkanes) is 7. The number of halogens is 2. The second kappa shape index (κ2) is 12.6. The van der Waals surface area contributed by atoms with E-state index in [1.807, 2.05) is 6.92 Å². The molecule has 0 rings (SSSR count). The van der Waals surface area contributed by atoms with Crippen molar-refractivity contribution in [3.63, 3.8) is 0 Å². The van der Waals surface area contributed by atoms with E-state index in [9.17, 15) is 0 Å². The van der Waals surface area contributed by atoms with Gasteiger partial charge in [-0.2, -0.15) is 0 Å². The molecule has 4 heteroatoms. The molecule has 0 aliphatic rings. The molecule has 0 unspecified atom stereocenters. The van der Waals surface area contributed by atoms with Gasteiger partial charge in [0.2, 0.25) is 0 Å². The van der Waals surface area contributed by atoms with Crippen LogP contribution >= 0.6 is 31.9 Å². The molecule has 0 aromatic rings. The predicted octanol–water partition coefficient (Wildman–Crippen LogP) is 4.90. The van der Waals surface area contributed by atoms with Crippen molar-refractivity contribution in [2.24, 2.45) is 0 Å². The summed E-state index contributed by atoms with van der Waals surface area (Å²) < 4.78 is 5.76. The monoisotopic (exact) mass is 412 g/mol. The molecule has 0 saturated heterocycles. The highest BCUT2D eigenvalue weighted by molar-refractivity contribution is 9.26. The quantitative estimate of drug-likeness (QED) is 0.180. The zero-order chi connectivity index (χ0) is 14.6. The van der Waals surface area contributed by atoms with E-state index < -0.39 is 0 Å². The SMILES string of the molecule is C=C(C)COCCCCCCCCCCC([SiH3])(Br)Br. The molecule has 0 aliphatic heterocycles. The molecule has 0 spiro atoms. The Hall–Kier alpha value is 0.877. The molecule has 0 N–H and O–H groups in total. The van der Waals surface area contributed by atoms with Gasteiger partial charge in [0.15, 0.2) is 0 Å². The van der Waals surface area contributed by atoms with Crippen LogP contribution in [0.15, 0.2) is 12.2 Å². The summed E-state index contributed by atoms with van der Waals surface area (Å²) in [6.07, 6.45) is 12.0. The second-order valence-corrected chi connectivity index (χ2v) is 14.9. The van der Waals surface area contributed by atoms with E-state index in [1.165, 1.54) is 57.8 Å². The van der Waals surface area contributed by atoms with E-state index in [0.717, 1.165) is 29.0 Å². The standard InChI is InChI=1S/C15H30Br2OSi/c1-14(2)13-18-12-10-8-6-4-3-5-7-9-11-15(16,17)19/h1,3-13H2,2,19H3. The van der Waals surface area contributed by atoms with Crippen LogP contribution in [0.5, 0.6) is 0 Å². The van der Waals surface area contributed by atoms with E-state index in [0.29, 0.717) is 0 Å². The average molecular weight is 414 g/mol.